The normalized spacial score (nSPS) is 14.2. The molecule has 52 heavy (non-hydrogen) atoms. The third-order valence-electron chi connectivity index (χ3n) is 10.6. The number of aryl methyl sites for hydroxylation is 2. The smallest absolute Gasteiger partial charge is 0.0238 e. The number of fused-ring (bicyclic) bond motifs is 3. The molecule has 5 aromatic carbocycles. The minimum absolute atomic E-state index is 0.124. The van der Waals surface area contributed by atoms with E-state index in [0.29, 0.717) is 3.67 Å². The first-order valence-electron chi connectivity index (χ1n) is 19.2. The number of hydrogen-bond donors (Lipinski definition) is 0. The summed E-state index contributed by atoms with van der Waals surface area (Å²) in [4.78, 5) is 0. The third kappa shape index (κ3) is 8.98. The van der Waals surface area contributed by atoms with Crippen LogP contribution in [0.2, 0.25) is 0 Å². The first kappa shape index (κ1) is 37.8. The van der Waals surface area contributed by atoms with Crippen LogP contribution in [0.3, 0.4) is 0 Å². The fourth-order valence-electron chi connectivity index (χ4n) is 7.60. The van der Waals surface area contributed by atoms with Crippen LogP contribution in [0.5, 0.6) is 0 Å². The topological polar surface area (TPSA) is 0 Å². The minimum Gasteiger partial charge on any atom is -0.0622 e. The number of rotatable bonds is 9. The van der Waals surface area contributed by atoms with Gasteiger partial charge in [0, 0.05) is 0 Å². The van der Waals surface area contributed by atoms with Gasteiger partial charge in [-0.3, -0.25) is 0 Å². The van der Waals surface area contributed by atoms with Crippen LogP contribution in [0, 0.1) is 0 Å². The number of allylic oxidation sites excluding steroid dienone is 5. The molecule has 0 aromatic heterocycles. The second-order valence-corrected chi connectivity index (χ2v) is 25.9. The summed E-state index contributed by atoms with van der Waals surface area (Å²) in [5, 5.41) is 0. The van der Waals surface area contributed by atoms with E-state index in [9.17, 15) is 0 Å². The maximum Gasteiger partial charge on any atom is -0.0238 e. The second-order valence-electron chi connectivity index (χ2n) is 16.4. The number of hydrogen-bond acceptors (Lipinski definition) is 0. The second kappa shape index (κ2) is 16.8. The molecule has 2 aliphatic carbocycles. The molecular weight excluding hydrogens is 791 g/mol. The first-order valence-corrected chi connectivity index (χ1v) is 24.8. The van der Waals surface area contributed by atoms with Gasteiger partial charge in [0.2, 0.25) is 0 Å². The Morgan fingerprint density at radius 2 is 1.13 bits per heavy atom. The molecule has 0 N–H and O–H groups in total. The van der Waals surface area contributed by atoms with Crippen LogP contribution in [0.4, 0.5) is 0 Å². The SMILES string of the molecule is C=CCC/[C](c1ccccc1)=[Hf](\[C]1=CC=CC1)[CH]1c2cc(C(C)(C)C)ccc2-c2ccc(C(C)(C)C)cc21.c1ccc(CCc2ccccc2)cc1. The van der Waals surface area contributed by atoms with Gasteiger partial charge in [-0.25, -0.2) is 0 Å². The van der Waals surface area contributed by atoms with Crippen LogP contribution in [0.1, 0.15) is 103 Å². The molecule has 0 radical (unpaired) electrons. The Hall–Kier alpha value is -3.94. The molecule has 0 unspecified atom stereocenters. The van der Waals surface area contributed by atoms with Crippen molar-refractivity contribution in [1.29, 1.82) is 0 Å². The molecule has 0 heterocycles. The van der Waals surface area contributed by atoms with Gasteiger partial charge in [-0.1, -0.05) is 60.7 Å². The van der Waals surface area contributed by atoms with Crippen molar-refractivity contribution in [3.8, 4) is 11.1 Å². The van der Waals surface area contributed by atoms with Crippen molar-refractivity contribution in [3.05, 3.63) is 201 Å². The zero-order valence-corrected chi connectivity index (χ0v) is 35.8. The summed E-state index contributed by atoms with van der Waals surface area (Å²) >= 11 is -2.72. The summed E-state index contributed by atoms with van der Waals surface area (Å²) in [7, 11) is 0. The van der Waals surface area contributed by atoms with Crippen molar-refractivity contribution >= 4 is 3.26 Å². The van der Waals surface area contributed by atoms with Crippen molar-refractivity contribution in [2.75, 3.05) is 0 Å². The van der Waals surface area contributed by atoms with E-state index in [-0.39, 0.29) is 10.8 Å². The van der Waals surface area contributed by atoms with E-state index < -0.39 is 21.0 Å². The van der Waals surface area contributed by atoms with Crippen LogP contribution in [-0.2, 0) is 44.6 Å². The Bertz CT molecular complexity index is 1960. The monoisotopic (exact) mass is 848 g/mol. The summed E-state index contributed by atoms with van der Waals surface area (Å²) in [5.41, 5.74) is 13.5. The Labute approximate surface area is 322 Å². The van der Waals surface area contributed by atoms with Crippen LogP contribution >= 0.6 is 0 Å². The van der Waals surface area contributed by atoms with Gasteiger partial charge in [0.1, 0.15) is 0 Å². The van der Waals surface area contributed by atoms with E-state index in [1.807, 2.05) is 0 Å². The predicted octanol–water partition coefficient (Wildman–Crippen LogP) is 13.5. The molecule has 7 rings (SSSR count). The average Bonchev–Trinajstić information content (AvgIpc) is 3.80. The van der Waals surface area contributed by atoms with Crippen LogP contribution in [-0.4, -0.2) is 3.26 Å². The third-order valence-corrected chi connectivity index (χ3v) is 23.0. The predicted molar refractivity (Wildman–Crippen MR) is 223 cm³/mol. The van der Waals surface area contributed by atoms with Gasteiger partial charge in [0.15, 0.2) is 0 Å². The molecule has 0 saturated carbocycles. The van der Waals surface area contributed by atoms with E-state index in [2.05, 4.69) is 200 Å². The molecule has 5 aromatic rings. The summed E-state index contributed by atoms with van der Waals surface area (Å²) in [6.45, 7) is 18.2. The summed E-state index contributed by atoms with van der Waals surface area (Å²) in [6.07, 6.45) is 14.8. The van der Waals surface area contributed by atoms with Crippen molar-refractivity contribution in [2.45, 2.75) is 88.2 Å². The molecule has 0 nitrogen and oxygen atoms in total. The standard InChI is InChI=1S/C21H25.C14H14.C11H12.C5H5.Hf/c1-20(2,3)16-7-9-18-14(12-16)11-15-13-17(21(4,5)6)8-10-19(15)18;1-3-7-13(8-4-1)11-12-14-9-5-2-6-10-14;1-2-3-5-8-11-9-6-4-7-10-11;1-2-4-5-3-1;/h7-13H,1-6H3;1-10H,11-12H2;2,4,6-7,9-10H,1,3,5H2;1-3H,4H2;. The van der Waals surface area contributed by atoms with Crippen molar-refractivity contribution in [2.24, 2.45) is 0 Å². The van der Waals surface area contributed by atoms with Gasteiger partial charge in [-0.05, 0) is 24.0 Å². The fourth-order valence-corrected chi connectivity index (χ4v) is 20.9. The van der Waals surface area contributed by atoms with Gasteiger partial charge in [0.25, 0.3) is 0 Å². The Morgan fingerprint density at radius 1 is 0.654 bits per heavy atom. The van der Waals surface area contributed by atoms with Gasteiger partial charge >= 0.3 is 239 Å². The molecule has 1 heteroatoms. The van der Waals surface area contributed by atoms with Crippen LogP contribution < -0.4 is 0 Å². The van der Waals surface area contributed by atoms with E-state index in [4.69, 9.17) is 0 Å². The van der Waals surface area contributed by atoms with Gasteiger partial charge in [-0.15, -0.1) is 0 Å². The molecule has 0 saturated heterocycles. The molecule has 0 aliphatic heterocycles. The average molecular weight is 847 g/mol. The summed E-state index contributed by atoms with van der Waals surface area (Å²) < 4.78 is 3.99. The van der Waals surface area contributed by atoms with E-state index in [0.717, 1.165) is 32.1 Å². The molecule has 264 valence electrons. The number of benzene rings is 5. The van der Waals surface area contributed by atoms with Gasteiger partial charge in [-0.2, -0.15) is 0 Å². The maximum absolute atomic E-state index is 4.11. The molecule has 0 bridgehead atoms. The van der Waals surface area contributed by atoms with E-state index in [1.54, 1.807) is 17.7 Å². The van der Waals surface area contributed by atoms with Gasteiger partial charge < -0.3 is 0 Å². The quantitative estimate of drug-likeness (QED) is 0.102. The van der Waals surface area contributed by atoms with Gasteiger partial charge in [0.05, 0.1) is 0 Å². The van der Waals surface area contributed by atoms with E-state index in [1.165, 1.54) is 38.9 Å². The Morgan fingerprint density at radius 3 is 1.56 bits per heavy atom. The molecular formula is C51H56Hf. The van der Waals surface area contributed by atoms with Crippen molar-refractivity contribution in [3.63, 3.8) is 0 Å². The van der Waals surface area contributed by atoms with Crippen LogP contribution in [0.15, 0.2) is 162 Å². The van der Waals surface area contributed by atoms with E-state index >= 15 is 0 Å². The largest absolute Gasteiger partial charge is 0.0622 e. The molecule has 0 fully saturated rings. The summed E-state index contributed by atoms with van der Waals surface area (Å²) in [6, 6.07) is 47.4. The zero-order valence-electron chi connectivity index (χ0n) is 32.3. The first-order chi connectivity index (χ1) is 25.0. The molecule has 0 atom stereocenters. The molecule has 2 aliphatic rings. The summed E-state index contributed by atoms with van der Waals surface area (Å²) in [5.74, 6) is 0. The Kier molecular flexibility index (Phi) is 12.2. The zero-order chi connectivity index (χ0) is 36.7. The van der Waals surface area contributed by atoms with Crippen LogP contribution in [0.25, 0.3) is 11.1 Å². The fraction of sp³-hybridized carbons (Fsp3) is 0.275. The maximum atomic E-state index is 4.11. The minimum atomic E-state index is -2.72. The molecule has 0 amide bonds. The Balaban J connectivity index is 0.000000276. The van der Waals surface area contributed by atoms with Crippen molar-refractivity contribution < 1.29 is 21.0 Å². The van der Waals surface area contributed by atoms with Crippen molar-refractivity contribution in [1.82, 2.24) is 0 Å². The molecule has 0 spiro atoms.